The number of rotatable bonds is 3. The molecular formula is C15H22N2O2S. The van der Waals surface area contributed by atoms with E-state index in [9.17, 15) is 9.00 Å². The maximum absolute atomic E-state index is 12.3. The lowest BCUT2D eigenvalue weighted by atomic mass is 10.2. The minimum Gasteiger partial charge on any atom is -0.398 e. The highest BCUT2D eigenvalue weighted by Crippen LogP contribution is 2.19. The summed E-state index contributed by atoms with van der Waals surface area (Å²) in [7, 11) is -1.36. The van der Waals surface area contributed by atoms with Crippen molar-refractivity contribution in [2.24, 2.45) is 0 Å². The second kappa shape index (κ2) is 6.88. The fraction of sp³-hybridized carbons (Fsp3) is 0.533. The number of anilines is 1. The number of carbonyl (C=O) groups excluding carboxylic acids is 1. The van der Waals surface area contributed by atoms with E-state index in [1.165, 1.54) is 12.8 Å². The van der Waals surface area contributed by atoms with E-state index in [0.29, 0.717) is 10.6 Å². The Balaban J connectivity index is 2.01. The van der Waals surface area contributed by atoms with Gasteiger partial charge in [0.2, 0.25) is 5.91 Å². The first-order chi connectivity index (χ1) is 9.58. The third kappa shape index (κ3) is 3.82. The molecule has 1 aliphatic heterocycles. The molecule has 1 amide bonds. The molecule has 1 atom stereocenters. The molecule has 0 radical (unpaired) electrons. The van der Waals surface area contributed by atoms with Gasteiger partial charge in [-0.2, -0.15) is 0 Å². The number of carbonyl (C=O) groups is 1. The second-order valence-corrected chi connectivity index (χ2v) is 6.75. The minimum atomic E-state index is -1.36. The zero-order valence-electron chi connectivity index (χ0n) is 11.9. The van der Waals surface area contributed by atoms with Gasteiger partial charge in [-0.3, -0.25) is 9.00 Å². The van der Waals surface area contributed by atoms with E-state index in [-0.39, 0.29) is 11.7 Å². The maximum Gasteiger partial charge on any atom is 0.235 e. The maximum atomic E-state index is 12.3. The summed E-state index contributed by atoms with van der Waals surface area (Å²) >= 11 is 0. The summed E-state index contributed by atoms with van der Waals surface area (Å²) in [5.74, 6) is 0.0120. The van der Waals surface area contributed by atoms with E-state index in [1.54, 1.807) is 12.1 Å². The molecule has 1 saturated heterocycles. The zero-order valence-corrected chi connectivity index (χ0v) is 12.7. The summed E-state index contributed by atoms with van der Waals surface area (Å²) in [6.07, 6.45) is 4.45. The number of likely N-dealkylation sites (tertiary alicyclic amines) is 1. The predicted octanol–water partition coefficient (Wildman–Crippen LogP) is 2.09. The molecule has 5 heteroatoms. The summed E-state index contributed by atoms with van der Waals surface area (Å²) in [6.45, 7) is 3.52. The molecule has 1 aromatic carbocycles. The minimum absolute atomic E-state index is 0.0230. The molecule has 2 rings (SSSR count). The average Bonchev–Trinajstić information content (AvgIpc) is 2.67. The molecule has 110 valence electrons. The van der Waals surface area contributed by atoms with E-state index in [2.05, 4.69) is 0 Å². The van der Waals surface area contributed by atoms with Crippen molar-refractivity contribution in [3.8, 4) is 0 Å². The first-order valence-corrected chi connectivity index (χ1v) is 8.42. The van der Waals surface area contributed by atoms with Gasteiger partial charge in [-0.1, -0.05) is 18.9 Å². The van der Waals surface area contributed by atoms with Gasteiger partial charge in [-0.05, 0) is 37.5 Å². The highest BCUT2D eigenvalue weighted by molar-refractivity contribution is 7.86. The SMILES string of the molecule is Cc1ccc(S(=O)CC(=O)N2CCCCCC2)c(N)c1. The van der Waals surface area contributed by atoms with Crippen molar-refractivity contribution in [2.45, 2.75) is 37.5 Å². The third-order valence-electron chi connectivity index (χ3n) is 3.62. The highest BCUT2D eigenvalue weighted by Gasteiger charge is 2.19. The molecule has 0 aliphatic carbocycles. The van der Waals surface area contributed by atoms with Gasteiger partial charge in [-0.25, -0.2) is 0 Å². The molecule has 0 bridgehead atoms. The number of nitrogens with two attached hydrogens (primary N) is 1. The molecule has 0 saturated carbocycles. The van der Waals surface area contributed by atoms with Crippen LogP contribution in [0.4, 0.5) is 5.69 Å². The van der Waals surface area contributed by atoms with Gasteiger partial charge >= 0.3 is 0 Å². The first kappa shape index (κ1) is 15.0. The smallest absolute Gasteiger partial charge is 0.235 e. The Kier molecular flexibility index (Phi) is 5.17. The molecule has 1 aromatic rings. The van der Waals surface area contributed by atoms with Gasteiger partial charge in [0.05, 0.1) is 15.7 Å². The number of hydrogen-bond acceptors (Lipinski definition) is 3. The molecule has 1 unspecified atom stereocenters. The van der Waals surface area contributed by atoms with Crippen LogP contribution in [0.3, 0.4) is 0 Å². The monoisotopic (exact) mass is 294 g/mol. The Morgan fingerprint density at radius 2 is 1.90 bits per heavy atom. The Hall–Kier alpha value is -1.36. The lowest BCUT2D eigenvalue weighted by Gasteiger charge is -2.20. The van der Waals surface area contributed by atoms with Gasteiger partial charge in [0, 0.05) is 18.8 Å². The van der Waals surface area contributed by atoms with E-state index < -0.39 is 10.8 Å². The third-order valence-corrected chi connectivity index (χ3v) is 5.00. The van der Waals surface area contributed by atoms with Crippen molar-refractivity contribution in [1.82, 2.24) is 4.90 Å². The quantitative estimate of drug-likeness (QED) is 0.868. The van der Waals surface area contributed by atoms with Gasteiger partial charge in [0.15, 0.2) is 0 Å². The van der Waals surface area contributed by atoms with Crippen LogP contribution in [-0.2, 0) is 15.6 Å². The van der Waals surface area contributed by atoms with Crippen LogP contribution in [0.1, 0.15) is 31.2 Å². The van der Waals surface area contributed by atoms with Crippen molar-refractivity contribution in [2.75, 3.05) is 24.6 Å². The summed E-state index contributed by atoms with van der Waals surface area (Å²) in [6, 6.07) is 5.43. The molecule has 1 heterocycles. The number of nitrogens with zero attached hydrogens (tertiary/aromatic N) is 1. The number of aryl methyl sites for hydroxylation is 1. The number of benzene rings is 1. The van der Waals surface area contributed by atoms with Crippen molar-refractivity contribution < 1.29 is 9.00 Å². The normalized spacial score (nSPS) is 17.6. The van der Waals surface area contributed by atoms with Crippen LogP contribution in [0.15, 0.2) is 23.1 Å². The van der Waals surface area contributed by atoms with Crippen LogP contribution >= 0.6 is 0 Å². The van der Waals surface area contributed by atoms with Crippen LogP contribution in [0.25, 0.3) is 0 Å². The van der Waals surface area contributed by atoms with Crippen LogP contribution < -0.4 is 5.73 Å². The fourth-order valence-corrected chi connectivity index (χ4v) is 3.58. The van der Waals surface area contributed by atoms with E-state index >= 15 is 0 Å². The van der Waals surface area contributed by atoms with Gasteiger partial charge < -0.3 is 10.6 Å². The van der Waals surface area contributed by atoms with Gasteiger partial charge in [0.25, 0.3) is 0 Å². The standard InChI is InChI=1S/C15H22N2O2S/c1-12-6-7-14(13(16)10-12)20(19)11-15(18)17-8-4-2-3-5-9-17/h6-7,10H,2-5,8-9,11,16H2,1H3. The van der Waals surface area contributed by atoms with Crippen LogP contribution in [0.2, 0.25) is 0 Å². The largest absolute Gasteiger partial charge is 0.398 e. The fourth-order valence-electron chi connectivity index (χ4n) is 2.48. The molecular weight excluding hydrogens is 272 g/mol. The number of nitrogen functional groups attached to an aromatic ring is 1. The lowest BCUT2D eigenvalue weighted by Crippen LogP contribution is -2.35. The summed E-state index contributed by atoms with van der Waals surface area (Å²) < 4.78 is 12.3. The lowest BCUT2D eigenvalue weighted by molar-refractivity contribution is -0.128. The number of hydrogen-bond donors (Lipinski definition) is 1. The van der Waals surface area contributed by atoms with Crippen molar-refractivity contribution >= 4 is 22.4 Å². The Labute approximate surface area is 122 Å². The predicted molar refractivity (Wildman–Crippen MR) is 81.9 cm³/mol. The molecule has 0 aromatic heterocycles. The summed E-state index contributed by atoms with van der Waals surface area (Å²) in [5, 5.41) is 0. The van der Waals surface area contributed by atoms with Gasteiger partial charge in [0.1, 0.15) is 5.75 Å². The van der Waals surface area contributed by atoms with Crippen LogP contribution in [0, 0.1) is 6.92 Å². The molecule has 0 spiro atoms. The first-order valence-electron chi connectivity index (χ1n) is 7.10. The van der Waals surface area contributed by atoms with Crippen molar-refractivity contribution in [1.29, 1.82) is 0 Å². The molecule has 20 heavy (non-hydrogen) atoms. The van der Waals surface area contributed by atoms with E-state index in [4.69, 9.17) is 5.73 Å². The molecule has 1 fully saturated rings. The highest BCUT2D eigenvalue weighted by atomic mass is 32.2. The molecule has 1 aliphatic rings. The number of amides is 1. The summed E-state index contributed by atoms with van der Waals surface area (Å²) in [4.78, 5) is 14.6. The average molecular weight is 294 g/mol. The second-order valence-electron chi connectivity index (χ2n) is 5.33. The van der Waals surface area contributed by atoms with Crippen LogP contribution in [0.5, 0.6) is 0 Å². The molecule has 4 nitrogen and oxygen atoms in total. The van der Waals surface area contributed by atoms with Crippen LogP contribution in [-0.4, -0.2) is 33.9 Å². The Morgan fingerprint density at radius 3 is 2.50 bits per heavy atom. The van der Waals surface area contributed by atoms with E-state index in [1.807, 2.05) is 17.9 Å². The van der Waals surface area contributed by atoms with Gasteiger partial charge in [-0.15, -0.1) is 0 Å². The summed E-state index contributed by atoms with van der Waals surface area (Å²) in [5.41, 5.74) is 7.42. The van der Waals surface area contributed by atoms with Crippen molar-refractivity contribution in [3.05, 3.63) is 23.8 Å². The van der Waals surface area contributed by atoms with Crippen molar-refractivity contribution in [3.63, 3.8) is 0 Å². The van der Waals surface area contributed by atoms with E-state index in [0.717, 1.165) is 31.5 Å². The Bertz CT molecular complexity index is 509. The topological polar surface area (TPSA) is 63.4 Å². The molecule has 2 N–H and O–H groups in total. The Morgan fingerprint density at radius 1 is 1.25 bits per heavy atom. The zero-order chi connectivity index (χ0) is 14.5.